The minimum absolute atomic E-state index is 0.00911. The van der Waals surface area contributed by atoms with Gasteiger partial charge in [-0.05, 0) is 23.4 Å². The van der Waals surface area contributed by atoms with Gasteiger partial charge in [0.15, 0.2) is 5.15 Å². The Morgan fingerprint density at radius 1 is 1.27 bits per heavy atom. The van der Waals surface area contributed by atoms with Crippen LogP contribution in [0.15, 0.2) is 30.3 Å². The van der Waals surface area contributed by atoms with Gasteiger partial charge in [-0.25, -0.2) is 4.39 Å². The van der Waals surface area contributed by atoms with Crippen molar-refractivity contribution < 1.29 is 9.18 Å². The molecule has 1 amide bonds. The largest absolute Gasteiger partial charge is 0.346 e. The smallest absolute Gasteiger partial charge is 0.254 e. The topological polar surface area (TPSA) is 54.9 Å². The van der Waals surface area contributed by atoms with E-state index >= 15 is 0 Å². The Labute approximate surface area is 134 Å². The third-order valence-electron chi connectivity index (χ3n) is 3.16. The van der Waals surface area contributed by atoms with Gasteiger partial charge in [0.25, 0.3) is 5.91 Å². The maximum absolute atomic E-state index is 13.5. The van der Waals surface area contributed by atoms with Gasteiger partial charge in [0.05, 0.1) is 25.9 Å². The van der Waals surface area contributed by atoms with Crippen molar-refractivity contribution >= 4 is 30.8 Å². The SMILES string of the molecule is C[Si](C)(C)c1cc(CNC(=O)c2ccccc2F)nnc1Cl. The zero-order valence-corrected chi connectivity index (χ0v) is 14.4. The van der Waals surface area contributed by atoms with E-state index in [2.05, 4.69) is 35.2 Å². The van der Waals surface area contributed by atoms with Crippen LogP contribution in [0.4, 0.5) is 4.39 Å². The first-order valence-electron chi connectivity index (χ1n) is 6.84. The Bertz CT molecular complexity index is 703. The van der Waals surface area contributed by atoms with Crippen LogP contribution in [0.1, 0.15) is 16.1 Å². The van der Waals surface area contributed by atoms with Crippen LogP contribution in [0.5, 0.6) is 0 Å². The lowest BCUT2D eigenvalue weighted by molar-refractivity contribution is 0.0946. The highest BCUT2D eigenvalue weighted by atomic mass is 35.5. The predicted molar refractivity (Wildman–Crippen MR) is 87.6 cm³/mol. The van der Waals surface area contributed by atoms with E-state index in [0.717, 1.165) is 5.19 Å². The summed E-state index contributed by atoms with van der Waals surface area (Å²) in [7, 11) is -1.65. The standard InChI is InChI=1S/C15H17ClFN3OSi/c1-22(2,3)13-8-10(19-20-14(13)16)9-18-15(21)11-6-4-5-7-12(11)17/h4-8H,9H2,1-3H3,(H,18,21). The molecule has 4 nitrogen and oxygen atoms in total. The van der Waals surface area contributed by atoms with Crippen molar-refractivity contribution in [2.75, 3.05) is 0 Å². The molecule has 1 heterocycles. The molecule has 2 aromatic rings. The molecule has 0 radical (unpaired) electrons. The molecule has 0 bridgehead atoms. The van der Waals surface area contributed by atoms with Gasteiger partial charge in [-0.2, -0.15) is 5.10 Å². The van der Waals surface area contributed by atoms with Crippen LogP contribution in [0, 0.1) is 5.82 Å². The molecule has 0 aliphatic rings. The van der Waals surface area contributed by atoms with Crippen molar-refractivity contribution in [2.45, 2.75) is 26.2 Å². The molecule has 0 fully saturated rings. The second kappa shape index (κ2) is 6.54. The summed E-state index contributed by atoms with van der Waals surface area (Å²) in [5.41, 5.74) is 0.612. The number of carbonyl (C=O) groups excluding carboxylic acids is 1. The fraction of sp³-hybridized carbons (Fsp3) is 0.267. The lowest BCUT2D eigenvalue weighted by Gasteiger charge is -2.18. The summed E-state index contributed by atoms with van der Waals surface area (Å²) in [4.78, 5) is 12.0. The van der Waals surface area contributed by atoms with E-state index in [9.17, 15) is 9.18 Å². The molecule has 0 spiro atoms. The van der Waals surface area contributed by atoms with E-state index in [1.54, 1.807) is 6.07 Å². The van der Waals surface area contributed by atoms with Gasteiger partial charge in [-0.1, -0.05) is 43.4 Å². The number of hydrogen-bond donors (Lipinski definition) is 1. The molecule has 22 heavy (non-hydrogen) atoms. The van der Waals surface area contributed by atoms with Crippen molar-refractivity contribution in [2.24, 2.45) is 0 Å². The highest BCUT2D eigenvalue weighted by Crippen LogP contribution is 2.10. The second-order valence-corrected chi connectivity index (χ2v) is 11.3. The van der Waals surface area contributed by atoms with E-state index in [1.807, 2.05) is 6.07 Å². The lowest BCUT2D eigenvalue weighted by Crippen LogP contribution is -2.40. The number of nitrogens with one attached hydrogen (secondary N) is 1. The Balaban J connectivity index is 2.13. The average Bonchev–Trinajstić information content (AvgIpc) is 2.45. The molecule has 2 rings (SSSR count). The van der Waals surface area contributed by atoms with Gasteiger partial charge >= 0.3 is 0 Å². The number of carbonyl (C=O) groups is 1. The quantitative estimate of drug-likeness (QED) is 0.873. The minimum Gasteiger partial charge on any atom is -0.346 e. The first-order valence-corrected chi connectivity index (χ1v) is 10.7. The molecular weight excluding hydrogens is 321 g/mol. The van der Waals surface area contributed by atoms with Crippen molar-refractivity contribution in [1.29, 1.82) is 0 Å². The number of benzene rings is 1. The molecule has 1 aromatic heterocycles. The Morgan fingerprint density at radius 3 is 2.59 bits per heavy atom. The molecule has 1 N–H and O–H groups in total. The summed E-state index contributed by atoms with van der Waals surface area (Å²) < 4.78 is 13.5. The second-order valence-electron chi connectivity index (χ2n) is 5.95. The normalized spacial score (nSPS) is 11.3. The lowest BCUT2D eigenvalue weighted by atomic mass is 10.2. The van der Waals surface area contributed by atoms with Crippen LogP contribution in [-0.2, 0) is 6.54 Å². The number of hydrogen-bond acceptors (Lipinski definition) is 3. The van der Waals surface area contributed by atoms with Crippen LogP contribution in [0.2, 0.25) is 24.8 Å². The Kier molecular flexibility index (Phi) is 4.93. The van der Waals surface area contributed by atoms with Gasteiger partial charge < -0.3 is 5.32 Å². The number of aromatic nitrogens is 2. The fourth-order valence-electron chi connectivity index (χ4n) is 1.94. The van der Waals surface area contributed by atoms with Crippen molar-refractivity contribution in [3.05, 3.63) is 52.6 Å². The number of halogens is 2. The van der Waals surface area contributed by atoms with Crippen LogP contribution in [0.25, 0.3) is 0 Å². The fourth-order valence-corrected chi connectivity index (χ4v) is 4.15. The Hall–Kier alpha value is -1.79. The first-order chi connectivity index (χ1) is 10.3. The van der Waals surface area contributed by atoms with Crippen LogP contribution in [-0.4, -0.2) is 24.2 Å². The molecule has 1 aromatic carbocycles. The Morgan fingerprint density at radius 2 is 1.95 bits per heavy atom. The molecule has 7 heteroatoms. The van der Waals surface area contributed by atoms with Gasteiger partial charge in [0.1, 0.15) is 5.82 Å². The zero-order chi connectivity index (χ0) is 16.3. The van der Waals surface area contributed by atoms with Gasteiger partial charge in [-0.3, -0.25) is 4.79 Å². The third-order valence-corrected chi connectivity index (χ3v) is 5.59. The summed E-state index contributed by atoms with van der Waals surface area (Å²) in [6, 6.07) is 7.70. The van der Waals surface area contributed by atoms with Gasteiger partial charge in [0, 0.05) is 0 Å². The first kappa shape index (κ1) is 16.6. The van der Waals surface area contributed by atoms with E-state index in [0.29, 0.717) is 10.8 Å². The molecule has 0 aliphatic carbocycles. The monoisotopic (exact) mass is 337 g/mol. The molecule has 0 saturated carbocycles. The predicted octanol–water partition coefficient (Wildman–Crippen LogP) is 2.74. The van der Waals surface area contributed by atoms with E-state index in [4.69, 9.17) is 11.6 Å². The van der Waals surface area contributed by atoms with Crippen LogP contribution < -0.4 is 10.5 Å². The maximum atomic E-state index is 13.5. The maximum Gasteiger partial charge on any atom is 0.254 e. The van der Waals surface area contributed by atoms with Crippen molar-refractivity contribution in [3.63, 3.8) is 0 Å². The average molecular weight is 338 g/mol. The van der Waals surface area contributed by atoms with Crippen LogP contribution >= 0.6 is 11.6 Å². The molecule has 116 valence electrons. The number of rotatable bonds is 4. The van der Waals surface area contributed by atoms with E-state index in [1.165, 1.54) is 18.2 Å². The summed E-state index contributed by atoms with van der Waals surface area (Å²) in [5, 5.41) is 11.9. The highest BCUT2D eigenvalue weighted by molar-refractivity contribution is 6.90. The van der Waals surface area contributed by atoms with E-state index < -0.39 is 19.8 Å². The summed E-state index contributed by atoms with van der Waals surface area (Å²) in [5.74, 6) is -1.03. The van der Waals surface area contributed by atoms with Crippen molar-refractivity contribution in [1.82, 2.24) is 15.5 Å². The van der Waals surface area contributed by atoms with E-state index in [-0.39, 0.29) is 12.1 Å². The summed E-state index contributed by atoms with van der Waals surface area (Å²) in [6.07, 6.45) is 0. The highest BCUT2D eigenvalue weighted by Gasteiger charge is 2.22. The third kappa shape index (κ3) is 3.89. The summed E-state index contributed by atoms with van der Waals surface area (Å²) in [6.45, 7) is 6.63. The van der Waals surface area contributed by atoms with Gasteiger partial charge in [-0.15, -0.1) is 5.10 Å². The summed E-state index contributed by atoms with van der Waals surface area (Å²) >= 11 is 6.08. The minimum atomic E-state index is -1.65. The van der Waals surface area contributed by atoms with Crippen molar-refractivity contribution in [3.8, 4) is 0 Å². The molecular formula is C15H17ClFN3OSi. The molecule has 0 aliphatic heterocycles. The van der Waals surface area contributed by atoms with Gasteiger partial charge in [0.2, 0.25) is 0 Å². The number of amides is 1. The number of nitrogens with zero attached hydrogens (tertiary/aromatic N) is 2. The van der Waals surface area contributed by atoms with Crippen LogP contribution in [0.3, 0.4) is 0 Å². The molecule has 0 saturated heterocycles. The molecule has 0 unspecified atom stereocenters. The zero-order valence-electron chi connectivity index (χ0n) is 12.7. The molecule has 0 atom stereocenters.